The van der Waals surface area contributed by atoms with E-state index in [1.54, 1.807) is 13.2 Å². The number of nitrogens with zero attached hydrogens (tertiary/aromatic N) is 2. The van der Waals surface area contributed by atoms with E-state index in [4.69, 9.17) is 9.84 Å². The Morgan fingerprint density at radius 2 is 2.40 bits per heavy atom. The van der Waals surface area contributed by atoms with Gasteiger partial charge in [0.05, 0.1) is 0 Å². The van der Waals surface area contributed by atoms with Crippen molar-refractivity contribution in [3.05, 3.63) is 23.9 Å². The minimum absolute atomic E-state index is 0.115. The predicted molar refractivity (Wildman–Crippen MR) is 77.2 cm³/mol. The number of carboxylic acid groups (broad SMARTS) is 1. The summed E-state index contributed by atoms with van der Waals surface area (Å²) in [6.45, 7) is 2.72. The molecule has 1 aromatic heterocycles. The lowest BCUT2D eigenvalue weighted by atomic mass is 9.93. The van der Waals surface area contributed by atoms with Gasteiger partial charge < -0.3 is 14.7 Å². The number of ether oxygens (including phenoxy) is 1. The van der Waals surface area contributed by atoms with Crippen LogP contribution in [-0.2, 0) is 4.74 Å². The van der Waals surface area contributed by atoms with Crippen molar-refractivity contribution in [3.8, 4) is 0 Å². The van der Waals surface area contributed by atoms with E-state index in [2.05, 4.69) is 9.88 Å². The maximum Gasteiger partial charge on any atom is 0.354 e. The van der Waals surface area contributed by atoms with Gasteiger partial charge in [0.15, 0.2) is 5.69 Å². The van der Waals surface area contributed by atoms with Crippen LogP contribution in [0, 0.1) is 5.92 Å². The van der Waals surface area contributed by atoms with E-state index in [9.17, 15) is 4.79 Å². The van der Waals surface area contributed by atoms with Crippen LogP contribution in [0.25, 0.3) is 0 Å². The number of carboxylic acids is 1. The molecule has 0 spiro atoms. The zero-order valence-electron chi connectivity index (χ0n) is 11.9. The highest BCUT2D eigenvalue weighted by molar-refractivity contribution is 5.85. The normalized spacial score (nSPS) is 19.1. The third kappa shape index (κ3) is 3.93. The summed E-state index contributed by atoms with van der Waals surface area (Å²) >= 11 is 0. The number of pyridine rings is 1. The fourth-order valence-corrected chi connectivity index (χ4v) is 2.74. The molecule has 2 rings (SSSR count). The van der Waals surface area contributed by atoms with Crippen LogP contribution in [0.4, 0.5) is 5.82 Å². The summed E-state index contributed by atoms with van der Waals surface area (Å²) in [5.74, 6) is 0.455. The summed E-state index contributed by atoms with van der Waals surface area (Å²) in [6, 6.07) is 5.19. The van der Waals surface area contributed by atoms with Gasteiger partial charge in [-0.1, -0.05) is 6.07 Å². The van der Waals surface area contributed by atoms with Crippen molar-refractivity contribution < 1.29 is 14.6 Å². The number of methoxy groups -OCH3 is 1. The number of hydrogen-bond acceptors (Lipinski definition) is 4. The first-order valence-corrected chi connectivity index (χ1v) is 7.15. The highest BCUT2D eigenvalue weighted by atomic mass is 16.5. The van der Waals surface area contributed by atoms with E-state index >= 15 is 0 Å². The number of piperidine rings is 1. The number of aromatic nitrogens is 1. The Morgan fingerprint density at radius 1 is 1.55 bits per heavy atom. The second kappa shape index (κ2) is 7.24. The van der Waals surface area contributed by atoms with Crippen molar-refractivity contribution in [2.24, 2.45) is 5.92 Å². The average Bonchev–Trinajstić information content (AvgIpc) is 2.48. The van der Waals surface area contributed by atoms with Gasteiger partial charge in [0.25, 0.3) is 0 Å². The summed E-state index contributed by atoms with van der Waals surface area (Å²) in [4.78, 5) is 17.4. The fraction of sp³-hybridized carbons (Fsp3) is 0.600. The molecule has 1 N–H and O–H groups in total. The molecule has 5 nitrogen and oxygen atoms in total. The molecule has 1 unspecified atom stereocenters. The number of rotatable bonds is 6. The van der Waals surface area contributed by atoms with Crippen LogP contribution in [-0.4, -0.2) is 42.9 Å². The molecule has 1 aliphatic rings. The van der Waals surface area contributed by atoms with E-state index in [1.807, 2.05) is 6.07 Å². The second-order valence-corrected chi connectivity index (χ2v) is 5.28. The molecule has 0 saturated carbocycles. The highest BCUT2D eigenvalue weighted by Crippen LogP contribution is 2.24. The molecule has 1 saturated heterocycles. The molecule has 2 heterocycles. The van der Waals surface area contributed by atoms with Crippen molar-refractivity contribution in [1.29, 1.82) is 0 Å². The van der Waals surface area contributed by atoms with Crippen molar-refractivity contribution in [2.45, 2.75) is 25.7 Å². The van der Waals surface area contributed by atoms with Crippen LogP contribution in [0.1, 0.15) is 36.2 Å². The first kappa shape index (κ1) is 14.8. The Kier molecular flexibility index (Phi) is 5.35. The van der Waals surface area contributed by atoms with E-state index in [0.717, 1.165) is 44.8 Å². The molecule has 0 radical (unpaired) electrons. The molecule has 1 atom stereocenters. The minimum atomic E-state index is -0.972. The smallest absolute Gasteiger partial charge is 0.354 e. The second-order valence-electron chi connectivity index (χ2n) is 5.28. The summed E-state index contributed by atoms with van der Waals surface area (Å²) < 4.78 is 5.10. The highest BCUT2D eigenvalue weighted by Gasteiger charge is 2.21. The van der Waals surface area contributed by atoms with Gasteiger partial charge in [-0.15, -0.1) is 0 Å². The average molecular weight is 278 g/mol. The Balaban J connectivity index is 1.97. The zero-order valence-corrected chi connectivity index (χ0v) is 11.9. The van der Waals surface area contributed by atoms with Crippen LogP contribution >= 0.6 is 0 Å². The van der Waals surface area contributed by atoms with E-state index in [0.29, 0.717) is 5.92 Å². The summed E-state index contributed by atoms with van der Waals surface area (Å²) in [7, 11) is 1.73. The maximum absolute atomic E-state index is 11.0. The monoisotopic (exact) mass is 278 g/mol. The molecule has 0 aromatic carbocycles. The van der Waals surface area contributed by atoms with Gasteiger partial charge in [0, 0.05) is 26.8 Å². The van der Waals surface area contributed by atoms with E-state index in [-0.39, 0.29) is 5.69 Å². The van der Waals surface area contributed by atoms with Crippen molar-refractivity contribution in [1.82, 2.24) is 4.98 Å². The van der Waals surface area contributed by atoms with Crippen LogP contribution in [0.3, 0.4) is 0 Å². The summed E-state index contributed by atoms with van der Waals surface area (Å²) in [6.07, 6.45) is 4.61. The Labute approximate surface area is 119 Å². The van der Waals surface area contributed by atoms with E-state index < -0.39 is 5.97 Å². The van der Waals surface area contributed by atoms with Gasteiger partial charge in [-0.05, 0) is 43.7 Å². The Hall–Kier alpha value is -1.62. The first-order valence-electron chi connectivity index (χ1n) is 7.15. The molecular formula is C15H22N2O3. The van der Waals surface area contributed by atoms with Gasteiger partial charge in [-0.25, -0.2) is 9.78 Å². The molecule has 0 aliphatic carbocycles. The standard InChI is InChI=1S/C15H22N2O3/c1-20-10-4-6-12-5-3-9-17(11-12)14-8-2-7-13(16-14)15(18)19/h2,7-8,12H,3-6,9-11H2,1H3,(H,18,19). The van der Waals surface area contributed by atoms with Gasteiger partial charge in [-0.3, -0.25) is 0 Å². The number of hydrogen-bond donors (Lipinski definition) is 1. The largest absolute Gasteiger partial charge is 0.477 e. The molecule has 1 fully saturated rings. The maximum atomic E-state index is 11.0. The van der Waals surface area contributed by atoms with Crippen LogP contribution in [0.5, 0.6) is 0 Å². The van der Waals surface area contributed by atoms with Crippen LogP contribution in [0.2, 0.25) is 0 Å². The molecule has 5 heteroatoms. The first-order chi connectivity index (χ1) is 9.70. The minimum Gasteiger partial charge on any atom is -0.477 e. The Bertz CT molecular complexity index is 450. The third-order valence-corrected chi connectivity index (χ3v) is 3.76. The van der Waals surface area contributed by atoms with Gasteiger partial charge in [0.2, 0.25) is 0 Å². The molecule has 110 valence electrons. The Morgan fingerprint density at radius 3 is 3.15 bits per heavy atom. The lowest BCUT2D eigenvalue weighted by molar-refractivity contribution is 0.0690. The van der Waals surface area contributed by atoms with Gasteiger partial charge in [-0.2, -0.15) is 0 Å². The molecular weight excluding hydrogens is 256 g/mol. The van der Waals surface area contributed by atoms with Crippen LogP contribution < -0.4 is 4.90 Å². The lowest BCUT2D eigenvalue weighted by Crippen LogP contribution is -2.36. The molecule has 1 aliphatic heterocycles. The number of anilines is 1. The van der Waals surface area contributed by atoms with Gasteiger partial charge >= 0.3 is 5.97 Å². The fourth-order valence-electron chi connectivity index (χ4n) is 2.74. The molecule has 0 amide bonds. The van der Waals surface area contributed by atoms with Crippen molar-refractivity contribution in [2.75, 3.05) is 31.7 Å². The lowest BCUT2D eigenvalue weighted by Gasteiger charge is -2.33. The van der Waals surface area contributed by atoms with Crippen LogP contribution in [0.15, 0.2) is 18.2 Å². The molecule has 1 aromatic rings. The summed E-state index contributed by atoms with van der Waals surface area (Å²) in [5.41, 5.74) is 0.115. The zero-order chi connectivity index (χ0) is 14.4. The summed E-state index contributed by atoms with van der Waals surface area (Å²) in [5, 5.41) is 9.01. The quantitative estimate of drug-likeness (QED) is 0.810. The topological polar surface area (TPSA) is 62.7 Å². The molecule has 0 bridgehead atoms. The number of carbonyl (C=O) groups is 1. The predicted octanol–water partition coefficient (Wildman–Crippen LogP) is 2.42. The third-order valence-electron chi connectivity index (χ3n) is 3.76. The van der Waals surface area contributed by atoms with Gasteiger partial charge in [0.1, 0.15) is 5.82 Å². The van der Waals surface area contributed by atoms with Crippen molar-refractivity contribution in [3.63, 3.8) is 0 Å². The van der Waals surface area contributed by atoms with Crippen molar-refractivity contribution >= 4 is 11.8 Å². The van der Waals surface area contributed by atoms with E-state index in [1.165, 1.54) is 12.5 Å². The number of aromatic carboxylic acids is 1. The molecule has 20 heavy (non-hydrogen) atoms. The SMILES string of the molecule is COCCCC1CCCN(c2cccc(C(=O)O)n2)C1.